The van der Waals surface area contributed by atoms with Crippen molar-refractivity contribution >= 4 is 0 Å². The molecule has 0 aromatic rings. The highest BCUT2D eigenvalue weighted by molar-refractivity contribution is 4.87. The number of hydrogen-bond donors (Lipinski definition) is 1. The van der Waals surface area contributed by atoms with E-state index in [1.54, 1.807) is 0 Å². The molecule has 2 aliphatic rings. The first kappa shape index (κ1) is 14.3. The molecule has 18 heavy (non-hydrogen) atoms. The van der Waals surface area contributed by atoms with Crippen molar-refractivity contribution in [1.82, 2.24) is 0 Å². The van der Waals surface area contributed by atoms with Gasteiger partial charge < -0.3 is 10.5 Å². The molecule has 4 atom stereocenters. The maximum Gasteiger partial charge on any atom is 0.0576 e. The van der Waals surface area contributed by atoms with Crippen molar-refractivity contribution in [3.63, 3.8) is 0 Å². The predicted molar refractivity (Wildman–Crippen MR) is 76.5 cm³/mol. The lowest BCUT2D eigenvalue weighted by Gasteiger charge is -2.41. The van der Waals surface area contributed by atoms with Crippen molar-refractivity contribution in [2.45, 2.75) is 77.9 Å². The molecular weight excluding hydrogens is 222 g/mol. The highest BCUT2D eigenvalue weighted by Gasteiger charge is 2.34. The topological polar surface area (TPSA) is 35.2 Å². The zero-order valence-corrected chi connectivity index (χ0v) is 12.5. The van der Waals surface area contributed by atoms with Gasteiger partial charge in [-0.1, -0.05) is 20.8 Å². The monoisotopic (exact) mass is 253 g/mol. The lowest BCUT2D eigenvalue weighted by atomic mass is 9.66. The van der Waals surface area contributed by atoms with Crippen molar-refractivity contribution in [2.24, 2.45) is 23.0 Å². The predicted octanol–water partition coefficient (Wildman–Crippen LogP) is 3.74. The van der Waals surface area contributed by atoms with Crippen LogP contribution in [-0.2, 0) is 4.74 Å². The van der Waals surface area contributed by atoms with Crippen LogP contribution in [0.25, 0.3) is 0 Å². The largest absolute Gasteiger partial charge is 0.378 e. The van der Waals surface area contributed by atoms with Crippen LogP contribution in [0, 0.1) is 17.3 Å². The van der Waals surface area contributed by atoms with Crippen LogP contribution in [0.4, 0.5) is 0 Å². The molecule has 1 heterocycles. The van der Waals surface area contributed by atoms with Gasteiger partial charge >= 0.3 is 0 Å². The van der Waals surface area contributed by atoms with Gasteiger partial charge in [0, 0.05) is 12.6 Å². The molecule has 0 radical (unpaired) electrons. The second kappa shape index (κ2) is 5.92. The number of ether oxygens (including phenoxy) is 1. The third-order valence-corrected chi connectivity index (χ3v) is 5.15. The van der Waals surface area contributed by atoms with Crippen LogP contribution in [0.15, 0.2) is 0 Å². The molecule has 0 bridgehead atoms. The molecule has 0 amide bonds. The molecule has 1 aliphatic carbocycles. The van der Waals surface area contributed by atoms with Gasteiger partial charge in [0.25, 0.3) is 0 Å². The SMILES string of the molecule is CC(C)(C)C1CCC(N)C(CCC2CCCO2)C1. The number of hydrogen-bond acceptors (Lipinski definition) is 2. The minimum absolute atomic E-state index is 0.435. The van der Waals surface area contributed by atoms with Gasteiger partial charge in [-0.3, -0.25) is 0 Å². The number of rotatable bonds is 3. The van der Waals surface area contributed by atoms with Gasteiger partial charge in [0.2, 0.25) is 0 Å². The van der Waals surface area contributed by atoms with E-state index in [2.05, 4.69) is 20.8 Å². The standard InChI is InChI=1S/C16H31NO/c1-16(2,3)13-7-9-15(17)12(11-13)6-8-14-5-4-10-18-14/h12-15H,4-11,17H2,1-3H3. The van der Waals surface area contributed by atoms with E-state index in [1.165, 1.54) is 44.9 Å². The lowest BCUT2D eigenvalue weighted by Crippen LogP contribution is -2.39. The van der Waals surface area contributed by atoms with Crippen molar-refractivity contribution in [2.75, 3.05) is 6.61 Å². The molecule has 2 nitrogen and oxygen atoms in total. The Morgan fingerprint density at radius 2 is 1.89 bits per heavy atom. The van der Waals surface area contributed by atoms with E-state index >= 15 is 0 Å². The maximum absolute atomic E-state index is 6.33. The summed E-state index contributed by atoms with van der Waals surface area (Å²) >= 11 is 0. The maximum atomic E-state index is 6.33. The Kier molecular flexibility index (Phi) is 4.71. The van der Waals surface area contributed by atoms with E-state index in [-0.39, 0.29) is 0 Å². The molecule has 106 valence electrons. The molecule has 2 rings (SSSR count). The fourth-order valence-corrected chi connectivity index (χ4v) is 3.68. The fraction of sp³-hybridized carbons (Fsp3) is 1.00. The van der Waals surface area contributed by atoms with Gasteiger partial charge in [0.15, 0.2) is 0 Å². The summed E-state index contributed by atoms with van der Waals surface area (Å²) in [7, 11) is 0. The molecule has 1 saturated heterocycles. The van der Waals surface area contributed by atoms with E-state index in [4.69, 9.17) is 10.5 Å². The Morgan fingerprint density at radius 1 is 1.11 bits per heavy atom. The van der Waals surface area contributed by atoms with Gasteiger partial charge in [0.1, 0.15) is 0 Å². The second-order valence-electron chi connectivity index (χ2n) is 7.51. The van der Waals surface area contributed by atoms with Crippen LogP contribution in [0.2, 0.25) is 0 Å². The Morgan fingerprint density at radius 3 is 2.50 bits per heavy atom. The Labute approximate surface area is 113 Å². The van der Waals surface area contributed by atoms with E-state index < -0.39 is 0 Å². The third kappa shape index (κ3) is 3.71. The zero-order chi connectivity index (χ0) is 13.2. The molecule has 0 spiro atoms. The summed E-state index contributed by atoms with van der Waals surface area (Å²) in [5.41, 5.74) is 6.78. The number of nitrogens with two attached hydrogens (primary N) is 1. The van der Waals surface area contributed by atoms with Crippen LogP contribution in [0.5, 0.6) is 0 Å². The summed E-state index contributed by atoms with van der Waals surface area (Å²) in [6.45, 7) is 8.12. The molecule has 2 N–H and O–H groups in total. The summed E-state index contributed by atoms with van der Waals surface area (Å²) in [4.78, 5) is 0. The van der Waals surface area contributed by atoms with Gasteiger partial charge in [-0.05, 0) is 62.2 Å². The first-order valence-electron chi connectivity index (χ1n) is 7.84. The van der Waals surface area contributed by atoms with Crippen LogP contribution in [0.1, 0.15) is 65.7 Å². The minimum atomic E-state index is 0.435. The van der Waals surface area contributed by atoms with Gasteiger partial charge in [-0.25, -0.2) is 0 Å². The summed E-state index contributed by atoms with van der Waals surface area (Å²) < 4.78 is 5.73. The van der Waals surface area contributed by atoms with E-state index in [0.29, 0.717) is 17.6 Å². The summed E-state index contributed by atoms with van der Waals surface area (Å²) in [6.07, 6.45) is 9.44. The van der Waals surface area contributed by atoms with Crippen molar-refractivity contribution in [3.05, 3.63) is 0 Å². The normalized spacial score (nSPS) is 38.0. The second-order valence-corrected chi connectivity index (χ2v) is 7.51. The smallest absolute Gasteiger partial charge is 0.0576 e. The molecule has 2 fully saturated rings. The van der Waals surface area contributed by atoms with Crippen LogP contribution >= 0.6 is 0 Å². The highest BCUT2D eigenvalue weighted by Crippen LogP contribution is 2.41. The first-order valence-corrected chi connectivity index (χ1v) is 7.84. The summed E-state index contributed by atoms with van der Waals surface area (Å²) in [6, 6.07) is 0.435. The molecule has 2 heteroatoms. The fourth-order valence-electron chi connectivity index (χ4n) is 3.68. The zero-order valence-electron chi connectivity index (χ0n) is 12.5. The molecular formula is C16H31NO. The minimum Gasteiger partial charge on any atom is -0.378 e. The summed E-state index contributed by atoms with van der Waals surface area (Å²) in [5.74, 6) is 1.58. The lowest BCUT2D eigenvalue weighted by molar-refractivity contribution is 0.0805. The third-order valence-electron chi connectivity index (χ3n) is 5.15. The van der Waals surface area contributed by atoms with Crippen LogP contribution in [-0.4, -0.2) is 18.8 Å². The average molecular weight is 253 g/mol. The molecule has 0 aromatic heterocycles. The Balaban J connectivity index is 1.81. The van der Waals surface area contributed by atoms with Crippen molar-refractivity contribution in [3.8, 4) is 0 Å². The Hall–Kier alpha value is -0.0800. The molecule has 0 aromatic carbocycles. The summed E-state index contributed by atoms with van der Waals surface area (Å²) in [5, 5.41) is 0. The Bertz CT molecular complexity index is 252. The van der Waals surface area contributed by atoms with Gasteiger partial charge in [-0.15, -0.1) is 0 Å². The van der Waals surface area contributed by atoms with Gasteiger partial charge in [0.05, 0.1) is 6.10 Å². The quantitative estimate of drug-likeness (QED) is 0.831. The van der Waals surface area contributed by atoms with Crippen molar-refractivity contribution < 1.29 is 4.74 Å². The van der Waals surface area contributed by atoms with Gasteiger partial charge in [-0.2, -0.15) is 0 Å². The first-order chi connectivity index (χ1) is 8.47. The van der Waals surface area contributed by atoms with E-state index in [9.17, 15) is 0 Å². The highest BCUT2D eigenvalue weighted by atomic mass is 16.5. The molecule has 4 unspecified atom stereocenters. The van der Waals surface area contributed by atoms with Crippen LogP contribution in [0.3, 0.4) is 0 Å². The van der Waals surface area contributed by atoms with E-state index in [1.807, 2.05) is 0 Å². The molecule has 1 aliphatic heterocycles. The average Bonchev–Trinajstić information content (AvgIpc) is 2.79. The van der Waals surface area contributed by atoms with Crippen LogP contribution < -0.4 is 5.73 Å². The van der Waals surface area contributed by atoms with Crippen molar-refractivity contribution in [1.29, 1.82) is 0 Å². The van der Waals surface area contributed by atoms with E-state index in [0.717, 1.165) is 18.4 Å². The molecule has 1 saturated carbocycles.